The lowest BCUT2D eigenvalue weighted by atomic mass is 9.76. The van der Waals surface area contributed by atoms with Gasteiger partial charge in [-0.05, 0) is 91.7 Å². The molecule has 0 saturated carbocycles. The van der Waals surface area contributed by atoms with Gasteiger partial charge >= 0.3 is 8.60 Å². The molecule has 346 valence electrons. The first-order valence-electron chi connectivity index (χ1n) is 25.0. The molecule has 0 aliphatic carbocycles. The van der Waals surface area contributed by atoms with Gasteiger partial charge in [0.05, 0.1) is 21.4 Å². The fourth-order valence-electron chi connectivity index (χ4n) is 8.42. The minimum Gasteiger partial charge on any atom is -0.474 e. The number of rotatable bonds is 34. The second-order valence-electron chi connectivity index (χ2n) is 20.2. The minimum absolute atomic E-state index is 0.0263. The third kappa shape index (κ3) is 21.9. The van der Waals surface area contributed by atoms with Crippen molar-refractivity contribution < 1.29 is 18.1 Å². The van der Waals surface area contributed by atoms with Crippen LogP contribution in [0.25, 0.3) is 0 Å². The minimum atomic E-state index is -1.51. The lowest BCUT2D eigenvalue weighted by Crippen LogP contribution is -2.17. The first-order valence-corrected chi connectivity index (χ1v) is 28.3. The van der Waals surface area contributed by atoms with Crippen molar-refractivity contribution >= 4 is 16.8 Å². The summed E-state index contributed by atoms with van der Waals surface area (Å²) < 4.78 is 26.4. The molecule has 0 heterocycles. The Morgan fingerprint density at radius 1 is 0.450 bits per heavy atom. The fraction of sp³-hybridized carbons (Fsp3) is 0.778. The number of hydrogen-bond donors (Lipinski definition) is 0. The average Bonchev–Trinajstić information content (AvgIpc) is 3.17. The van der Waals surface area contributed by atoms with Crippen LogP contribution >= 0.6 is 16.8 Å². The van der Waals surface area contributed by atoms with Crippen molar-refractivity contribution in [1.82, 2.24) is 0 Å². The van der Waals surface area contributed by atoms with E-state index in [1.807, 2.05) is 0 Å². The quantitative estimate of drug-likeness (QED) is 0.0519. The van der Waals surface area contributed by atoms with Gasteiger partial charge < -0.3 is 18.1 Å². The smallest absolute Gasteiger partial charge is 0.397 e. The Hall–Kier alpha value is -1.18. The van der Waals surface area contributed by atoms with Crippen LogP contribution in [0.3, 0.4) is 0 Å². The van der Waals surface area contributed by atoms with Crippen molar-refractivity contribution in [3.05, 3.63) is 57.6 Å². The molecule has 0 aliphatic rings. The zero-order valence-electron chi connectivity index (χ0n) is 41.8. The normalized spacial score (nSPS) is 12.8. The molecule has 0 fully saturated rings. The molecule has 1 atom stereocenters. The molecule has 6 heteroatoms. The molecule has 0 N–H and O–H groups in total. The van der Waals surface area contributed by atoms with Crippen LogP contribution in [0.5, 0.6) is 11.5 Å². The summed E-state index contributed by atoms with van der Waals surface area (Å²) in [7, 11) is -2.03. The second kappa shape index (κ2) is 30.8. The Morgan fingerprint density at radius 2 is 0.783 bits per heavy atom. The van der Waals surface area contributed by atoms with Crippen molar-refractivity contribution in [3.8, 4) is 11.5 Å². The Balaban J connectivity index is 2.25. The third-order valence-electron chi connectivity index (χ3n) is 12.0. The summed E-state index contributed by atoms with van der Waals surface area (Å²) in [5.74, 6) is 2.24. The van der Waals surface area contributed by atoms with Gasteiger partial charge in [0.1, 0.15) is 11.5 Å². The molecule has 0 aromatic heterocycles. The van der Waals surface area contributed by atoms with Crippen molar-refractivity contribution in [1.29, 1.82) is 0 Å². The molecule has 0 spiro atoms. The zero-order chi connectivity index (χ0) is 44.4. The predicted octanol–water partition coefficient (Wildman–Crippen LogP) is 19.1. The standard InChI is InChI=1S/C54H96O4P2/c1-14-17-19-21-23-25-27-29-31-33-35-38-55-60(56-39-36-34-32-30-28-26-24-22-20-18-15-2)58-52-41-45(5)48(43-50(52)54(9,10)11)46(37-16-3)47-42-49(53(6,7)8)51(40-44(47)4)57-59(12)13/h40-43,46H,14-39H2,1-13H3. The van der Waals surface area contributed by atoms with Gasteiger partial charge in [0.25, 0.3) is 0 Å². The summed E-state index contributed by atoms with van der Waals surface area (Å²) in [6.07, 6.45) is 31.3. The van der Waals surface area contributed by atoms with Gasteiger partial charge in [0.15, 0.2) is 0 Å². The second-order valence-corrected chi connectivity index (χ2v) is 23.2. The number of aryl methyl sites for hydroxylation is 2. The van der Waals surface area contributed by atoms with Gasteiger partial charge in [-0.25, -0.2) is 0 Å². The van der Waals surface area contributed by atoms with E-state index in [0.29, 0.717) is 13.2 Å². The first-order chi connectivity index (χ1) is 28.6. The molecule has 1 unspecified atom stereocenters. The van der Waals surface area contributed by atoms with Crippen LogP contribution in [0, 0.1) is 13.8 Å². The van der Waals surface area contributed by atoms with Gasteiger partial charge in [-0.3, -0.25) is 0 Å². The van der Waals surface area contributed by atoms with E-state index < -0.39 is 16.8 Å². The summed E-state index contributed by atoms with van der Waals surface area (Å²) in [5, 5.41) is 0. The zero-order valence-corrected chi connectivity index (χ0v) is 43.6. The number of hydrogen-bond acceptors (Lipinski definition) is 4. The fourth-order valence-corrected chi connectivity index (χ4v) is 10.0. The van der Waals surface area contributed by atoms with E-state index in [1.54, 1.807) is 0 Å². The van der Waals surface area contributed by atoms with Crippen molar-refractivity contribution in [2.45, 2.75) is 247 Å². The predicted molar refractivity (Wildman–Crippen MR) is 268 cm³/mol. The Bertz CT molecular complexity index is 1380. The highest BCUT2D eigenvalue weighted by Gasteiger charge is 2.29. The molecule has 0 aliphatic heterocycles. The number of benzene rings is 2. The molecule has 0 bridgehead atoms. The molecular weight excluding hydrogens is 775 g/mol. The van der Waals surface area contributed by atoms with E-state index in [9.17, 15) is 0 Å². The monoisotopic (exact) mass is 871 g/mol. The van der Waals surface area contributed by atoms with Gasteiger partial charge in [0.2, 0.25) is 0 Å². The van der Waals surface area contributed by atoms with Gasteiger partial charge in [-0.1, -0.05) is 209 Å². The Labute approximate surface area is 376 Å². The van der Waals surface area contributed by atoms with Crippen LogP contribution in [0.4, 0.5) is 0 Å². The van der Waals surface area contributed by atoms with Gasteiger partial charge in [0, 0.05) is 17.0 Å². The highest BCUT2D eigenvalue weighted by Crippen LogP contribution is 2.48. The maximum atomic E-state index is 6.90. The molecule has 0 saturated heterocycles. The van der Waals surface area contributed by atoms with Crippen LogP contribution in [-0.4, -0.2) is 26.5 Å². The summed E-state index contributed by atoms with van der Waals surface area (Å²) in [5.41, 5.74) is 7.76. The van der Waals surface area contributed by atoms with Gasteiger partial charge in [-0.15, -0.1) is 0 Å². The maximum absolute atomic E-state index is 6.90. The van der Waals surface area contributed by atoms with Crippen LogP contribution in [0.2, 0.25) is 0 Å². The topological polar surface area (TPSA) is 36.9 Å². The van der Waals surface area contributed by atoms with Crippen LogP contribution < -0.4 is 9.05 Å². The van der Waals surface area contributed by atoms with Crippen LogP contribution in [-0.2, 0) is 19.9 Å². The van der Waals surface area contributed by atoms with E-state index in [4.69, 9.17) is 18.1 Å². The molecule has 0 amide bonds. The lowest BCUT2D eigenvalue weighted by molar-refractivity contribution is 0.197. The van der Waals surface area contributed by atoms with E-state index in [-0.39, 0.29) is 16.7 Å². The number of unbranched alkanes of at least 4 members (excludes halogenated alkanes) is 20. The molecule has 2 aromatic carbocycles. The average molecular weight is 871 g/mol. The van der Waals surface area contributed by atoms with E-state index >= 15 is 0 Å². The summed E-state index contributed by atoms with van der Waals surface area (Å²) in [6, 6.07) is 9.54. The molecule has 60 heavy (non-hydrogen) atoms. The van der Waals surface area contributed by atoms with E-state index in [2.05, 4.69) is 114 Å². The largest absolute Gasteiger partial charge is 0.474 e. The van der Waals surface area contributed by atoms with E-state index in [0.717, 1.165) is 37.2 Å². The SMILES string of the molecule is CCCCCCCCCCCCCOP(OCCCCCCCCCCCCC)Oc1cc(C)c(C(CCC)c2cc(C(C)(C)C)c(OP(C)C)cc2C)cc1C(C)(C)C. The maximum Gasteiger partial charge on any atom is 0.397 e. The van der Waals surface area contributed by atoms with Crippen molar-refractivity contribution in [3.63, 3.8) is 0 Å². The molecule has 0 radical (unpaired) electrons. The van der Waals surface area contributed by atoms with Crippen molar-refractivity contribution in [2.75, 3.05) is 26.5 Å². The molecule has 4 nitrogen and oxygen atoms in total. The lowest BCUT2D eigenvalue weighted by Gasteiger charge is -2.31. The Morgan fingerprint density at radius 3 is 1.10 bits per heavy atom. The summed E-state index contributed by atoms with van der Waals surface area (Å²) >= 11 is 0. The third-order valence-corrected chi connectivity index (χ3v) is 13.7. The summed E-state index contributed by atoms with van der Waals surface area (Å²) in [4.78, 5) is 0. The molecule has 2 rings (SSSR count). The molecular formula is C54H96O4P2. The van der Waals surface area contributed by atoms with Gasteiger partial charge in [-0.2, -0.15) is 0 Å². The highest BCUT2D eigenvalue weighted by atomic mass is 31.2. The van der Waals surface area contributed by atoms with Crippen LogP contribution in [0.15, 0.2) is 24.3 Å². The Kier molecular flexibility index (Phi) is 28.2. The first kappa shape index (κ1) is 55.0. The highest BCUT2D eigenvalue weighted by molar-refractivity contribution is 7.51. The molecule has 2 aromatic rings. The van der Waals surface area contributed by atoms with Crippen LogP contribution in [0.1, 0.15) is 256 Å². The van der Waals surface area contributed by atoms with Crippen molar-refractivity contribution in [2.24, 2.45) is 0 Å². The van der Waals surface area contributed by atoms with E-state index in [1.165, 1.54) is 162 Å². The summed E-state index contributed by atoms with van der Waals surface area (Å²) in [6.45, 7) is 31.1.